The van der Waals surface area contributed by atoms with Crippen LogP contribution < -0.4 is 0 Å². The minimum atomic E-state index is 0.496. The van der Waals surface area contributed by atoms with Crippen molar-refractivity contribution in [2.75, 3.05) is 20.3 Å². The van der Waals surface area contributed by atoms with Gasteiger partial charge in [-0.1, -0.05) is 24.3 Å². The number of likely N-dealkylation sites (tertiary alicyclic amines) is 1. The largest absolute Gasteiger partial charge is 0.383 e. The van der Waals surface area contributed by atoms with E-state index in [1.807, 2.05) is 0 Å². The fourth-order valence-corrected chi connectivity index (χ4v) is 2.57. The lowest BCUT2D eigenvalue weighted by atomic mass is 10.1. The fraction of sp³-hybridized carbons (Fsp3) is 0.533. The lowest BCUT2D eigenvalue weighted by Crippen LogP contribution is -2.32. The van der Waals surface area contributed by atoms with Gasteiger partial charge in [0, 0.05) is 19.7 Å². The Morgan fingerprint density at radius 2 is 2.06 bits per heavy atom. The molecule has 3 heteroatoms. The zero-order valence-electron chi connectivity index (χ0n) is 10.9. The number of nitriles is 1. The van der Waals surface area contributed by atoms with Crippen LogP contribution in [0.1, 0.15) is 24.0 Å². The maximum absolute atomic E-state index is 8.64. The lowest BCUT2D eigenvalue weighted by molar-refractivity contribution is 0.112. The molecule has 18 heavy (non-hydrogen) atoms. The Morgan fingerprint density at radius 3 is 2.72 bits per heavy atom. The summed E-state index contributed by atoms with van der Waals surface area (Å²) in [5.74, 6) is 0. The average molecular weight is 244 g/mol. The molecule has 1 saturated heterocycles. The van der Waals surface area contributed by atoms with Crippen molar-refractivity contribution in [3.8, 4) is 6.07 Å². The smallest absolute Gasteiger partial charge is 0.0669 e. The van der Waals surface area contributed by atoms with E-state index in [0.717, 1.165) is 25.3 Å². The summed E-state index contributed by atoms with van der Waals surface area (Å²) < 4.78 is 5.27. The predicted octanol–water partition coefficient (Wildman–Crippen LogP) is 2.36. The number of nitrogens with zero attached hydrogens (tertiary/aromatic N) is 2. The van der Waals surface area contributed by atoms with Gasteiger partial charge in [0.25, 0.3) is 0 Å². The minimum Gasteiger partial charge on any atom is -0.383 e. The second-order valence-corrected chi connectivity index (χ2v) is 4.87. The van der Waals surface area contributed by atoms with Gasteiger partial charge in [-0.3, -0.25) is 4.90 Å². The van der Waals surface area contributed by atoms with Crippen molar-refractivity contribution in [1.29, 1.82) is 5.26 Å². The van der Waals surface area contributed by atoms with E-state index in [2.05, 4.69) is 35.2 Å². The molecule has 0 radical (unpaired) electrons. The van der Waals surface area contributed by atoms with E-state index in [1.54, 1.807) is 7.11 Å². The summed E-state index contributed by atoms with van der Waals surface area (Å²) in [5, 5.41) is 8.64. The third-order valence-corrected chi connectivity index (χ3v) is 3.55. The molecule has 1 atom stereocenters. The second kappa shape index (κ2) is 6.53. The molecule has 0 aromatic heterocycles. The van der Waals surface area contributed by atoms with Crippen molar-refractivity contribution in [1.82, 2.24) is 4.90 Å². The van der Waals surface area contributed by atoms with Gasteiger partial charge in [0.15, 0.2) is 0 Å². The summed E-state index contributed by atoms with van der Waals surface area (Å²) in [6.07, 6.45) is 3.00. The van der Waals surface area contributed by atoms with Gasteiger partial charge in [0.1, 0.15) is 0 Å². The van der Waals surface area contributed by atoms with E-state index in [-0.39, 0.29) is 0 Å². The van der Waals surface area contributed by atoms with Crippen molar-refractivity contribution in [2.45, 2.75) is 31.8 Å². The van der Waals surface area contributed by atoms with Crippen molar-refractivity contribution >= 4 is 0 Å². The third-order valence-electron chi connectivity index (χ3n) is 3.55. The third kappa shape index (κ3) is 3.32. The monoisotopic (exact) mass is 244 g/mol. The highest BCUT2D eigenvalue weighted by Gasteiger charge is 2.23. The second-order valence-electron chi connectivity index (χ2n) is 4.87. The molecule has 1 fully saturated rings. The SMILES string of the molecule is COC[C@@H]1CCCN1Cc1ccc(CC#N)cc1. The van der Waals surface area contributed by atoms with E-state index in [4.69, 9.17) is 10.00 Å². The molecule has 0 saturated carbocycles. The van der Waals surface area contributed by atoms with Crippen LogP contribution in [0.3, 0.4) is 0 Å². The summed E-state index contributed by atoms with van der Waals surface area (Å²) in [7, 11) is 1.77. The van der Waals surface area contributed by atoms with Gasteiger partial charge in [0.05, 0.1) is 19.1 Å². The van der Waals surface area contributed by atoms with Crippen LogP contribution in [-0.2, 0) is 17.7 Å². The minimum absolute atomic E-state index is 0.496. The van der Waals surface area contributed by atoms with E-state index < -0.39 is 0 Å². The topological polar surface area (TPSA) is 36.3 Å². The van der Waals surface area contributed by atoms with Gasteiger partial charge >= 0.3 is 0 Å². The van der Waals surface area contributed by atoms with Crippen molar-refractivity contribution < 1.29 is 4.74 Å². The van der Waals surface area contributed by atoms with Crippen LogP contribution in [0.4, 0.5) is 0 Å². The zero-order valence-corrected chi connectivity index (χ0v) is 10.9. The van der Waals surface area contributed by atoms with Crippen LogP contribution in [0.2, 0.25) is 0 Å². The first kappa shape index (κ1) is 13.1. The van der Waals surface area contributed by atoms with Crippen LogP contribution in [0.5, 0.6) is 0 Å². The molecule has 1 aromatic rings. The van der Waals surface area contributed by atoms with Crippen LogP contribution in [-0.4, -0.2) is 31.2 Å². The Morgan fingerprint density at radius 1 is 1.33 bits per heavy atom. The van der Waals surface area contributed by atoms with Gasteiger partial charge in [-0.2, -0.15) is 5.26 Å². The number of ether oxygens (including phenoxy) is 1. The van der Waals surface area contributed by atoms with Crippen molar-refractivity contribution in [3.05, 3.63) is 35.4 Å². The Bertz CT molecular complexity index is 407. The molecule has 0 amide bonds. The molecule has 1 heterocycles. The summed E-state index contributed by atoms with van der Waals surface area (Å²) >= 11 is 0. The van der Waals surface area contributed by atoms with Crippen LogP contribution >= 0.6 is 0 Å². The van der Waals surface area contributed by atoms with Crippen LogP contribution in [0.15, 0.2) is 24.3 Å². The van der Waals surface area contributed by atoms with Gasteiger partial charge in [-0.05, 0) is 30.5 Å². The summed E-state index contributed by atoms with van der Waals surface area (Å²) in [4.78, 5) is 2.49. The predicted molar refractivity (Wildman–Crippen MR) is 71.1 cm³/mol. The highest BCUT2D eigenvalue weighted by atomic mass is 16.5. The maximum atomic E-state index is 8.64. The molecule has 3 nitrogen and oxygen atoms in total. The van der Waals surface area contributed by atoms with E-state index >= 15 is 0 Å². The van der Waals surface area contributed by atoms with Gasteiger partial charge in [-0.15, -0.1) is 0 Å². The fourth-order valence-electron chi connectivity index (χ4n) is 2.57. The number of hydrogen-bond donors (Lipinski definition) is 0. The summed E-state index contributed by atoms with van der Waals surface area (Å²) in [5.41, 5.74) is 2.41. The maximum Gasteiger partial charge on any atom is 0.0669 e. The van der Waals surface area contributed by atoms with E-state index in [9.17, 15) is 0 Å². The zero-order chi connectivity index (χ0) is 12.8. The first-order chi connectivity index (χ1) is 8.83. The molecule has 0 spiro atoms. The summed E-state index contributed by atoms with van der Waals surface area (Å²) in [6, 6.07) is 11.1. The quantitative estimate of drug-likeness (QED) is 0.797. The van der Waals surface area contributed by atoms with Crippen LogP contribution in [0.25, 0.3) is 0 Å². The molecule has 96 valence electrons. The molecule has 0 N–H and O–H groups in total. The molecule has 2 rings (SSSR count). The molecule has 1 aliphatic rings. The first-order valence-corrected chi connectivity index (χ1v) is 6.51. The van der Waals surface area contributed by atoms with Crippen molar-refractivity contribution in [2.24, 2.45) is 0 Å². The molecule has 1 aliphatic heterocycles. The van der Waals surface area contributed by atoms with Gasteiger partial charge in [0.2, 0.25) is 0 Å². The Labute approximate surface area is 109 Å². The molecule has 0 aliphatic carbocycles. The average Bonchev–Trinajstić information content (AvgIpc) is 2.80. The molecule has 1 aromatic carbocycles. The molecule has 0 bridgehead atoms. The Balaban J connectivity index is 1.94. The highest BCUT2D eigenvalue weighted by Crippen LogP contribution is 2.20. The van der Waals surface area contributed by atoms with Gasteiger partial charge in [-0.25, -0.2) is 0 Å². The number of benzene rings is 1. The molecular weight excluding hydrogens is 224 g/mol. The van der Waals surface area contributed by atoms with E-state index in [0.29, 0.717) is 12.5 Å². The summed E-state index contributed by atoms with van der Waals surface area (Å²) in [6.45, 7) is 2.97. The van der Waals surface area contributed by atoms with E-state index in [1.165, 1.54) is 18.4 Å². The number of hydrogen-bond acceptors (Lipinski definition) is 3. The van der Waals surface area contributed by atoms with Crippen molar-refractivity contribution in [3.63, 3.8) is 0 Å². The van der Waals surface area contributed by atoms with Gasteiger partial charge < -0.3 is 4.74 Å². The molecular formula is C15H20N2O. The number of methoxy groups -OCH3 is 1. The highest BCUT2D eigenvalue weighted by molar-refractivity contribution is 5.24. The lowest BCUT2D eigenvalue weighted by Gasteiger charge is -2.23. The van der Waals surface area contributed by atoms with Crippen LogP contribution in [0, 0.1) is 11.3 Å². The Hall–Kier alpha value is -1.37. The Kier molecular flexibility index (Phi) is 4.74. The first-order valence-electron chi connectivity index (χ1n) is 6.51. The standard InChI is InChI=1S/C15H20N2O/c1-18-12-15-3-2-10-17(15)11-14-6-4-13(5-7-14)8-9-16/h4-7,15H,2-3,8,10-12H2,1H3/t15-/m0/s1. The normalized spacial score (nSPS) is 19.9. The number of rotatable bonds is 5. The molecule has 0 unspecified atom stereocenters.